The van der Waals surface area contributed by atoms with Crippen LogP contribution in [0.15, 0.2) is 42.6 Å². The van der Waals surface area contributed by atoms with Crippen LogP contribution in [0.1, 0.15) is 72.8 Å². The third-order valence-electron chi connectivity index (χ3n) is 6.04. The van der Waals surface area contributed by atoms with Crippen molar-refractivity contribution in [2.24, 2.45) is 5.92 Å². The Kier molecular flexibility index (Phi) is 7.75. The fourth-order valence-electron chi connectivity index (χ4n) is 3.88. The molecule has 0 radical (unpaired) electrons. The normalized spacial score (nSPS) is 11.9. The molecule has 0 saturated heterocycles. The number of hydrogen-bond acceptors (Lipinski definition) is 5. The summed E-state index contributed by atoms with van der Waals surface area (Å²) in [4.78, 5) is 30.1. The Morgan fingerprint density at radius 1 is 1.00 bits per heavy atom. The lowest BCUT2D eigenvalue weighted by atomic mass is 10.0. The average Bonchev–Trinajstić information content (AvgIpc) is 3.50. The molecule has 2 N–H and O–H groups in total. The van der Waals surface area contributed by atoms with Crippen LogP contribution in [-0.2, 0) is 12.7 Å². The molecule has 9 nitrogen and oxygen atoms in total. The van der Waals surface area contributed by atoms with Gasteiger partial charge in [0.05, 0.1) is 11.4 Å². The first-order valence-electron chi connectivity index (χ1n) is 12.6. The summed E-state index contributed by atoms with van der Waals surface area (Å²) in [6.07, 6.45) is -3.27. The second kappa shape index (κ2) is 10.9. The van der Waals surface area contributed by atoms with Gasteiger partial charge in [0.25, 0.3) is 11.8 Å². The molecule has 0 spiro atoms. The standard InChI is InChI=1S/C27H30F3N7O2/c1-6-36-14-21(24(35-36)26(39)31-13-15(2)3)33-25(38)20-12-23-32-19(11-22(27(28,29)30)37(23)34-20)18-9-7-17(8-10-18)16(4)5/h7-12,14-16H,6,13H2,1-5H3,(H,31,39)(H,33,38). The number of halogens is 3. The van der Waals surface area contributed by atoms with Gasteiger partial charge in [-0.15, -0.1) is 0 Å². The fraction of sp³-hybridized carbons (Fsp3) is 0.370. The summed E-state index contributed by atoms with van der Waals surface area (Å²) in [5, 5.41) is 13.4. The Balaban J connectivity index is 1.69. The zero-order valence-electron chi connectivity index (χ0n) is 22.3. The summed E-state index contributed by atoms with van der Waals surface area (Å²) >= 11 is 0. The lowest BCUT2D eigenvalue weighted by Crippen LogP contribution is -2.28. The third-order valence-corrected chi connectivity index (χ3v) is 6.04. The van der Waals surface area contributed by atoms with E-state index in [1.165, 1.54) is 16.9 Å². The van der Waals surface area contributed by atoms with E-state index in [0.717, 1.165) is 11.6 Å². The van der Waals surface area contributed by atoms with E-state index in [4.69, 9.17) is 0 Å². The molecule has 3 aromatic heterocycles. The van der Waals surface area contributed by atoms with Crippen LogP contribution < -0.4 is 10.6 Å². The van der Waals surface area contributed by atoms with E-state index < -0.39 is 23.7 Å². The van der Waals surface area contributed by atoms with E-state index in [1.807, 2.05) is 46.8 Å². The van der Waals surface area contributed by atoms with Crippen molar-refractivity contribution in [2.45, 2.75) is 53.3 Å². The zero-order valence-corrected chi connectivity index (χ0v) is 22.3. The van der Waals surface area contributed by atoms with Crippen LogP contribution in [-0.4, -0.2) is 42.7 Å². The predicted octanol–water partition coefficient (Wildman–Crippen LogP) is 5.39. The van der Waals surface area contributed by atoms with Gasteiger partial charge in [-0.3, -0.25) is 14.3 Å². The molecule has 0 unspecified atom stereocenters. The maximum absolute atomic E-state index is 14.0. The number of nitrogens with one attached hydrogen (secondary N) is 2. The van der Waals surface area contributed by atoms with Crippen LogP contribution in [0.25, 0.3) is 16.9 Å². The van der Waals surface area contributed by atoms with Gasteiger partial charge >= 0.3 is 6.18 Å². The van der Waals surface area contributed by atoms with Crippen molar-refractivity contribution in [1.82, 2.24) is 29.7 Å². The van der Waals surface area contributed by atoms with Gasteiger partial charge in [0.1, 0.15) is 0 Å². The van der Waals surface area contributed by atoms with Crippen molar-refractivity contribution in [2.75, 3.05) is 11.9 Å². The van der Waals surface area contributed by atoms with E-state index in [1.54, 1.807) is 12.1 Å². The Morgan fingerprint density at radius 2 is 1.69 bits per heavy atom. The third kappa shape index (κ3) is 6.10. The molecule has 2 amide bonds. The Morgan fingerprint density at radius 3 is 2.28 bits per heavy atom. The van der Waals surface area contributed by atoms with Gasteiger partial charge in [-0.1, -0.05) is 52.0 Å². The lowest BCUT2D eigenvalue weighted by Gasteiger charge is -2.12. The van der Waals surface area contributed by atoms with Crippen LogP contribution in [0, 0.1) is 5.92 Å². The van der Waals surface area contributed by atoms with Gasteiger partial charge in [-0.05, 0) is 30.4 Å². The van der Waals surface area contributed by atoms with E-state index in [0.29, 0.717) is 23.2 Å². The molecular formula is C27H30F3N7O2. The first-order valence-corrected chi connectivity index (χ1v) is 12.6. The van der Waals surface area contributed by atoms with Crippen LogP contribution in [0.2, 0.25) is 0 Å². The summed E-state index contributed by atoms with van der Waals surface area (Å²) in [6.45, 7) is 10.6. The van der Waals surface area contributed by atoms with Crippen molar-refractivity contribution in [1.29, 1.82) is 0 Å². The van der Waals surface area contributed by atoms with E-state index in [9.17, 15) is 22.8 Å². The molecule has 1 aromatic carbocycles. The fourth-order valence-corrected chi connectivity index (χ4v) is 3.88. The highest BCUT2D eigenvalue weighted by Crippen LogP contribution is 2.33. The van der Waals surface area contributed by atoms with Crippen molar-refractivity contribution in [3.05, 3.63) is 65.2 Å². The van der Waals surface area contributed by atoms with Crippen molar-refractivity contribution < 1.29 is 22.8 Å². The van der Waals surface area contributed by atoms with Crippen molar-refractivity contribution >= 4 is 23.1 Å². The Labute approximate surface area is 223 Å². The van der Waals surface area contributed by atoms with E-state index in [-0.39, 0.29) is 40.3 Å². The average molecular weight is 542 g/mol. The molecule has 4 rings (SSSR count). The largest absolute Gasteiger partial charge is 0.433 e. The smallest absolute Gasteiger partial charge is 0.350 e. The van der Waals surface area contributed by atoms with Gasteiger partial charge in [-0.25, -0.2) is 9.50 Å². The molecule has 4 aromatic rings. The molecule has 0 aliphatic carbocycles. The van der Waals surface area contributed by atoms with Gasteiger partial charge in [-0.2, -0.15) is 23.4 Å². The van der Waals surface area contributed by atoms with Crippen LogP contribution in [0.3, 0.4) is 0 Å². The molecular weight excluding hydrogens is 511 g/mol. The van der Waals surface area contributed by atoms with Crippen LogP contribution in [0.5, 0.6) is 0 Å². The number of alkyl halides is 3. The quantitative estimate of drug-likeness (QED) is 0.311. The SMILES string of the molecule is CCn1cc(NC(=O)c2cc3nc(-c4ccc(C(C)C)cc4)cc(C(F)(F)F)n3n2)c(C(=O)NCC(C)C)n1. The van der Waals surface area contributed by atoms with Crippen LogP contribution in [0.4, 0.5) is 18.9 Å². The number of fused-ring (bicyclic) bond motifs is 1. The number of aromatic nitrogens is 5. The summed E-state index contributed by atoms with van der Waals surface area (Å²) < 4.78 is 44.1. The predicted molar refractivity (Wildman–Crippen MR) is 141 cm³/mol. The minimum Gasteiger partial charge on any atom is -0.350 e. The van der Waals surface area contributed by atoms with E-state index in [2.05, 4.69) is 25.8 Å². The molecule has 0 bridgehead atoms. The minimum atomic E-state index is -4.75. The molecule has 0 atom stereocenters. The molecule has 39 heavy (non-hydrogen) atoms. The molecule has 0 saturated carbocycles. The summed E-state index contributed by atoms with van der Waals surface area (Å²) in [6, 6.07) is 9.22. The molecule has 0 fully saturated rings. The van der Waals surface area contributed by atoms with Gasteiger partial charge in [0.2, 0.25) is 0 Å². The first-order chi connectivity index (χ1) is 18.4. The Bertz CT molecular complexity index is 1500. The number of hydrogen-bond donors (Lipinski definition) is 2. The number of benzene rings is 1. The summed E-state index contributed by atoms with van der Waals surface area (Å²) in [7, 11) is 0. The van der Waals surface area contributed by atoms with Gasteiger partial charge < -0.3 is 10.6 Å². The molecule has 3 heterocycles. The molecule has 206 valence electrons. The first kappa shape index (κ1) is 27.8. The second-order valence-electron chi connectivity index (χ2n) is 9.91. The number of aryl methyl sites for hydroxylation is 1. The van der Waals surface area contributed by atoms with E-state index >= 15 is 0 Å². The maximum atomic E-state index is 14.0. The van der Waals surface area contributed by atoms with Crippen molar-refractivity contribution in [3.8, 4) is 11.3 Å². The molecule has 0 aliphatic rings. The van der Waals surface area contributed by atoms with Crippen molar-refractivity contribution in [3.63, 3.8) is 0 Å². The highest BCUT2D eigenvalue weighted by molar-refractivity contribution is 6.07. The summed E-state index contributed by atoms with van der Waals surface area (Å²) in [5.41, 5.74) is 0.264. The van der Waals surface area contributed by atoms with Gasteiger partial charge in [0.15, 0.2) is 22.7 Å². The Hall–Kier alpha value is -4.22. The lowest BCUT2D eigenvalue weighted by molar-refractivity contribution is -0.142. The number of anilines is 1. The number of nitrogens with zero attached hydrogens (tertiary/aromatic N) is 5. The monoisotopic (exact) mass is 541 g/mol. The number of carbonyl (C=O) groups is 2. The number of carbonyl (C=O) groups excluding carboxylic acids is 2. The zero-order chi connectivity index (χ0) is 28.5. The maximum Gasteiger partial charge on any atom is 0.433 e. The molecule has 12 heteroatoms. The highest BCUT2D eigenvalue weighted by atomic mass is 19.4. The number of rotatable bonds is 8. The second-order valence-corrected chi connectivity index (χ2v) is 9.91. The number of amides is 2. The van der Waals surface area contributed by atoms with Crippen LogP contribution >= 0.6 is 0 Å². The van der Waals surface area contributed by atoms with Gasteiger partial charge in [0, 0.05) is 30.9 Å². The topological polar surface area (TPSA) is 106 Å². The summed E-state index contributed by atoms with van der Waals surface area (Å²) in [5.74, 6) is -0.811. The molecule has 0 aliphatic heterocycles. The minimum absolute atomic E-state index is 0.00384. The highest BCUT2D eigenvalue weighted by Gasteiger charge is 2.36.